The first-order chi connectivity index (χ1) is 15.7. The van der Waals surface area contributed by atoms with Gasteiger partial charge in [0.1, 0.15) is 5.69 Å². The normalized spacial score (nSPS) is 15.0. The summed E-state index contributed by atoms with van der Waals surface area (Å²) < 4.78 is 10.9. The molecule has 32 heavy (non-hydrogen) atoms. The Kier molecular flexibility index (Phi) is 6.05. The van der Waals surface area contributed by atoms with Gasteiger partial charge in [-0.3, -0.25) is 9.69 Å². The number of hydrogen-bond donors (Lipinski definition) is 0. The van der Waals surface area contributed by atoms with E-state index in [1.54, 1.807) is 4.90 Å². The van der Waals surface area contributed by atoms with Crippen molar-refractivity contribution >= 4 is 44.3 Å². The SMILES string of the molecule is CN(CCCCN1CCN(c2noc3ccccc23)CC1)C(=O)c1nsc2ccccc12. The minimum absolute atomic E-state index is 0.0101. The molecule has 2 aromatic heterocycles. The number of para-hydroxylation sites is 1. The predicted octanol–water partition coefficient (Wildman–Crippen LogP) is 4.11. The highest BCUT2D eigenvalue weighted by Crippen LogP contribution is 2.26. The first kappa shape index (κ1) is 20.9. The summed E-state index contributed by atoms with van der Waals surface area (Å²) >= 11 is 1.39. The van der Waals surface area contributed by atoms with Crippen molar-refractivity contribution in [3.8, 4) is 0 Å². The number of nitrogens with zero attached hydrogens (tertiary/aromatic N) is 5. The maximum atomic E-state index is 12.8. The van der Waals surface area contributed by atoms with Crippen LogP contribution < -0.4 is 4.90 Å². The molecule has 7 nitrogen and oxygen atoms in total. The lowest BCUT2D eigenvalue weighted by Gasteiger charge is -2.34. The van der Waals surface area contributed by atoms with Gasteiger partial charge in [-0.15, -0.1) is 0 Å². The molecule has 0 bridgehead atoms. The molecule has 1 amide bonds. The zero-order valence-electron chi connectivity index (χ0n) is 18.2. The molecular weight excluding hydrogens is 422 g/mol. The van der Waals surface area contributed by atoms with Gasteiger partial charge in [0.15, 0.2) is 11.4 Å². The van der Waals surface area contributed by atoms with Crippen LogP contribution in [0.3, 0.4) is 0 Å². The van der Waals surface area contributed by atoms with Crippen LogP contribution in [-0.2, 0) is 0 Å². The van der Waals surface area contributed by atoms with Gasteiger partial charge in [0.25, 0.3) is 5.91 Å². The number of rotatable bonds is 7. The molecule has 0 spiro atoms. The Bertz CT molecular complexity index is 1210. The largest absolute Gasteiger partial charge is 0.354 e. The minimum Gasteiger partial charge on any atom is -0.354 e. The molecule has 3 heterocycles. The second-order valence-corrected chi connectivity index (χ2v) is 9.10. The lowest BCUT2D eigenvalue weighted by molar-refractivity contribution is 0.0788. The Balaban J connectivity index is 1.06. The Morgan fingerprint density at radius 1 is 1.03 bits per heavy atom. The fraction of sp³-hybridized carbons (Fsp3) is 0.375. The quantitative estimate of drug-likeness (QED) is 0.396. The van der Waals surface area contributed by atoms with Crippen LogP contribution in [0.25, 0.3) is 21.1 Å². The first-order valence-corrected chi connectivity index (χ1v) is 11.9. The fourth-order valence-corrected chi connectivity index (χ4v) is 5.06. The summed E-state index contributed by atoms with van der Waals surface area (Å²) in [7, 11) is 1.87. The Morgan fingerprint density at radius 3 is 2.62 bits per heavy atom. The summed E-state index contributed by atoms with van der Waals surface area (Å²) in [6.07, 6.45) is 2.06. The van der Waals surface area contributed by atoms with E-state index in [0.29, 0.717) is 5.69 Å². The number of amides is 1. The summed E-state index contributed by atoms with van der Waals surface area (Å²) in [6.45, 7) is 5.73. The highest BCUT2D eigenvalue weighted by Gasteiger charge is 2.22. The van der Waals surface area contributed by atoms with Crippen molar-refractivity contribution in [1.29, 1.82) is 0 Å². The number of fused-ring (bicyclic) bond motifs is 2. The van der Waals surface area contributed by atoms with Gasteiger partial charge in [0, 0.05) is 45.2 Å². The van der Waals surface area contributed by atoms with Crippen LogP contribution in [-0.4, -0.2) is 71.6 Å². The number of hydrogen-bond acceptors (Lipinski definition) is 7. The molecule has 4 aromatic rings. The van der Waals surface area contributed by atoms with Gasteiger partial charge in [-0.2, -0.15) is 4.37 Å². The number of piperazine rings is 1. The third-order valence-electron chi connectivity index (χ3n) is 6.17. The Hall–Kier alpha value is -2.97. The van der Waals surface area contributed by atoms with Crippen LogP contribution in [0.1, 0.15) is 23.3 Å². The van der Waals surface area contributed by atoms with E-state index in [9.17, 15) is 4.79 Å². The van der Waals surface area contributed by atoms with Crippen molar-refractivity contribution < 1.29 is 9.32 Å². The zero-order chi connectivity index (χ0) is 21.9. The summed E-state index contributed by atoms with van der Waals surface area (Å²) in [4.78, 5) is 19.4. The maximum Gasteiger partial charge on any atom is 0.273 e. The van der Waals surface area contributed by atoms with E-state index in [-0.39, 0.29) is 5.91 Å². The monoisotopic (exact) mass is 449 g/mol. The van der Waals surface area contributed by atoms with Crippen LogP contribution in [0, 0.1) is 0 Å². The number of anilines is 1. The van der Waals surface area contributed by atoms with E-state index in [2.05, 4.69) is 25.4 Å². The Morgan fingerprint density at radius 2 is 1.78 bits per heavy atom. The van der Waals surface area contributed by atoms with Crippen LogP contribution in [0.4, 0.5) is 5.82 Å². The molecule has 0 unspecified atom stereocenters. The number of carbonyl (C=O) groups excluding carboxylic acids is 1. The molecule has 0 atom stereocenters. The van der Waals surface area contributed by atoms with Crippen molar-refractivity contribution in [2.75, 3.05) is 51.2 Å². The number of unbranched alkanes of at least 4 members (excludes halogenated alkanes) is 1. The van der Waals surface area contributed by atoms with Gasteiger partial charge in [0.05, 0.1) is 10.1 Å². The average molecular weight is 450 g/mol. The van der Waals surface area contributed by atoms with Crippen molar-refractivity contribution in [2.45, 2.75) is 12.8 Å². The number of carbonyl (C=O) groups is 1. The van der Waals surface area contributed by atoms with Gasteiger partial charge in [-0.1, -0.05) is 35.5 Å². The molecule has 1 aliphatic heterocycles. The van der Waals surface area contributed by atoms with Crippen LogP contribution >= 0.6 is 11.5 Å². The summed E-state index contributed by atoms with van der Waals surface area (Å²) in [5, 5.41) is 6.32. The van der Waals surface area contributed by atoms with Crippen molar-refractivity contribution in [3.05, 3.63) is 54.2 Å². The Labute approximate surface area is 191 Å². The van der Waals surface area contributed by atoms with Gasteiger partial charge in [-0.05, 0) is 49.1 Å². The summed E-state index contributed by atoms with van der Waals surface area (Å²) in [5.41, 5.74) is 1.42. The van der Waals surface area contributed by atoms with Crippen LogP contribution in [0.5, 0.6) is 0 Å². The summed E-state index contributed by atoms with van der Waals surface area (Å²) in [5.74, 6) is 0.964. The second kappa shape index (κ2) is 9.26. The highest BCUT2D eigenvalue weighted by atomic mass is 32.1. The molecule has 1 fully saturated rings. The average Bonchev–Trinajstić information content (AvgIpc) is 3.46. The van der Waals surface area contributed by atoms with Gasteiger partial charge >= 0.3 is 0 Å². The number of aromatic nitrogens is 2. The summed E-state index contributed by atoms with van der Waals surface area (Å²) in [6, 6.07) is 15.9. The molecule has 5 rings (SSSR count). The van der Waals surface area contributed by atoms with E-state index in [0.717, 1.165) is 79.0 Å². The lowest BCUT2D eigenvalue weighted by Crippen LogP contribution is -2.46. The molecule has 0 aliphatic carbocycles. The van der Waals surface area contributed by atoms with Crippen molar-refractivity contribution in [2.24, 2.45) is 0 Å². The third-order valence-corrected chi connectivity index (χ3v) is 7.00. The second-order valence-electron chi connectivity index (χ2n) is 8.29. The molecule has 2 aromatic carbocycles. The van der Waals surface area contributed by atoms with E-state index >= 15 is 0 Å². The molecule has 0 N–H and O–H groups in total. The standard InChI is InChI=1S/C24H27N5O2S/c1-27(24(30)22-19-9-3-5-11-21(19)32-26-22)12-6-7-13-28-14-16-29(17-15-28)23-18-8-2-4-10-20(18)31-25-23/h2-5,8-11H,6-7,12-17H2,1H3. The highest BCUT2D eigenvalue weighted by molar-refractivity contribution is 7.13. The lowest BCUT2D eigenvalue weighted by atomic mass is 10.2. The van der Waals surface area contributed by atoms with Crippen LogP contribution in [0.2, 0.25) is 0 Å². The predicted molar refractivity (Wildman–Crippen MR) is 128 cm³/mol. The van der Waals surface area contributed by atoms with E-state index in [1.165, 1.54) is 11.5 Å². The van der Waals surface area contributed by atoms with Crippen LogP contribution in [0.15, 0.2) is 53.1 Å². The fourth-order valence-electron chi connectivity index (χ4n) is 4.29. The molecular formula is C24H27N5O2S. The van der Waals surface area contributed by atoms with Gasteiger partial charge < -0.3 is 14.3 Å². The molecule has 8 heteroatoms. The topological polar surface area (TPSA) is 65.7 Å². The molecule has 1 aliphatic rings. The van der Waals surface area contributed by atoms with E-state index in [4.69, 9.17) is 4.52 Å². The molecule has 1 saturated heterocycles. The zero-order valence-corrected chi connectivity index (χ0v) is 19.1. The van der Waals surface area contributed by atoms with Gasteiger partial charge in [-0.25, -0.2) is 0 Å². The smallest absolute Gasteiger partial charge is 0.273 e. The van der Waals surface area contributed by atoms with E-state index in [1.807, 2.05) is 49.5 Å². The third kappa shape index (κ3) is 4.20. The molecule has 0 radical (unpaired) electrons. The van der Waals surface area contributed by atoms with E-state index < -0.39 is 0 Å². The maximum absolute atomic E-state index is 12.8. The molecule has 0 saturated carbocycles. The van der Waals surface area contributed by atoms with Crippen molar-refractivity contribution in [3.63, 3.8) is 0 Å². The molecule has 166 valence electrons. The van der Waals surface area contributed by atoms with Crippen molar-refractivity contribution in [1.82, 2.24) is 19.3 Å². The van der Waals surface area contributed by atoms with Gasteiger partial charge in [0.2, 0.25) is 0 Å². The first-order valence-electron chi connectivity index (χ1n) is 11.1. The minimum atomic E-state index is 0.0101. The number of benzene rings is 2.